The van der Waals surface area contributed by atoms with Crippen molar-refractivity contribution in [1.29, 1.82) is 0 Å². The smallest absolute Gasteiger partial charge is 0.106 e. The molecule has 2 rings (SSSR count). The maximum absolute atomic E-state index is 4.13. The van der Waals surface area contributed by atoms with Crippen LogP contribution in [0.25, 0.3) is 0 Å². The molecule has 0 bridgehead atoms. The fourth-order valence-electron chi connectivity index (χ4n) is 1.03. The number of halogens is 1. The highest BCUT2D eigenvalue weighted by molar-refractivity contribution is 9.10. The number of allylic oxidation sites excluding steroid dienone is 2. The highest BCUT2D eigenvalue weighted by Gasteiger charge is 2.01. The molecule has 0 atom stereocenters. The number of nitrogens with one attached hydrogen (secondary N) is 1. The van der Waals surface area contributed by atoms with Gasteiger partial charge in [0, 0.05) is 12.4 Å². The molecular weight excluding hydrogens is 230 g/mol. The molecule has 0 saturated carbocycles. The van der Waals surface area contributed by atoms with Gasteiger partial charge in [0.1, 0.15) is 4.60 Å². The number of anilines is 1. The number of hydrogen-bond acceptors (Lipinski definition) is 3. The quantitative estimate of drug-likeness (QED) is 0.760. The van der Waals surface area contributed by atoms with Crippen molar-refractivity contribution < 1.29 is 0 Å². The van der Waals surface area contributed by atoms with Gasteiger partial charge in [0.15, 0.2) is 0 Å². The van der Waals surface area contributed by atoms with Crippen molar-refractivity contribution in [2.75, 3.05) is 5.01 Å². The van der Waals surface area contributed by atoms with Gasteiger partial charge in [-0.3, -0.25) is 5.01 Å². The molecule has 1 aromatic heterocycles. The molecule has 0 spiro atoms. The van der Waals surface area contributed by atoms with Crippen molar-refractivity contribution in [1.82, 2.24) is 10.4 Å². The molecule has 0 aliphatic carbocycles. The van der Waals surface area contributed by atoms with Crippen LogP contribution in [0.5, 0.6) is 0 Å². The van der Waals surface area contributed by atoms with Gasteiger partial charge in [-0.1, -0.05) is 0 Å². The third kappa shape index (κ3) is 1.89. The Kier molecular flexibility index (Phi) is 2.31. The molecule has 0 amide bonds. The molecule has 1 aliphatic heterocycles. The van der Waals surface area contributed by atoms with Crippen LogP contribution in [0.1, 0.15) is 0 Å². The average Bonchev–Trinajstić information content (AvgIpc) is 2.20. The van der Waals surface area contributed by atoms with E-state index in [9.17, 15) is 0 Å². The summed E-state index contributed by atoms with van der Waals surface area (Å²) in [5, 5.41) is 1.89. The summed E-state index contributed by atoms with van der Waals surface area (Å²) in [5.74, 6) is 0. The van der Waals surface area contributed by atoms with Crippen LogP contribution in [0.15, 0.2) is 47.5 Å². The lowest BCUT2D eigenvalue weighted by Crippen LogP contribution is -2.29. The van der Waals surface area contributed by atoms with E-state index in [1.807, 2.05) is 41.7 Å². The largest absolute Gasteiger partial charge is 0.302 e. The second kappa shape index (κ2) is 3.62. The molecule has 66 valence electrons. The Labute approximate surface area is 84.9 Å². The van der Waals surface area contributed by atoms with E-state index in [2.05, 4.69) is 26.3 Å². The first-order valence-corrected chi connectivity index (χ1v) is 4.66. The number of hydrazine groups is 1. The van der Waals surface area contributed by atoms with Gasteiger partial charge in [0.25, 0.3) is 0 Å². The number of hydrogen-bond donors (Lipinski definition) is 1. The zero-order valence-electron chi connectivity index (χ0n) is 6.81. The summed E-state index contributed by atoms with van der Waals surface area (Å²) in [5.41, 5.74) is 4.07. The Morgan fingerprint density at radius 3 is 2.85 bits per heavy atom. The van der Waals surface area contributed by atoms with E-state index in [1.165, 1.54) is 0 Å². The standard InChI is InChI=1S/C9H8BrN3/c10-9-4-3-8(7-11-9)13-6-2-1-5-12-13/h1-7,12H. The molecular formula is C9H8BrN3. The first-order valence-electron chi connectivity index (χ1n) is 3.86. The SMILES string of the molecule is Brc1ccc(N2C=CC=CN2)cn1. The second-order valence-corrected chi connectivity index (χ2v) is 3.35. The Balaban J connectivity index is 2.21. The van der Waals surface area contributed by atoms with Crippen molar-refractivity contribution >= 4 is 21.6 Å². The predicted molar refractivity (Wildman–Crippen MR) is 55.8 cm³/mol. The van der Waals surface area contributed by atoms with Crippen LogP contribution in [0.2, 0.25) is 0 Å². The Hall–Kier alpha value is -1.29. The van der Waals surface area contributed by atoms with E-state index in [0.29, 0.717) is 0 Å². The van der Waals surface area contributed by atoms with Gasteiger partial charge in [-0.25, -0.2) is 4.98 Å². The van der Waals surface area contributed by atoms with E-state index in [0.717, 1.165) is 10.3 Å². The van der Waals surface area contributed by atoms with Gasteiger partial charge in [-0.05, 0) is 40.2 Å². The summed E-state index contributed by atoms with van der Waals surface area (Å²) in [6.45, 7) is 0. The molecule has 0 saturated heterocycles. The zero-order valence-corrected chi connectivity index (χ0v) is 8.40. The van der Waals surface area contributed by atoms with Crippen molar-refractivity contribution in [3.63, 3.8) is 0 Å². The lowest BCUT2D eigenvalue weighted by Gasteiger charge is -2.21. The maximum atomic E-state index is 4.13. The highest BCUT2D eigenvalue weighted by atomic mass is 79.9. The third-order valence-corrected chi connectivity index (χ3v) is 2.12. The number of aromatic nitrogens is 1. The van der Waals surface area contributed by atoms with Crippen molar-refractivity contribution in [3.05, 3.63) is 47.5 Å². The molecule has 1 aliphatic rings. The Morgan fingerprint density at radius 2 is 2.23 bits per heavy atom. The predicted octanol–water partition coefficient (Wildman–Crippen LogP) is 2.20. The maximum Gasteiger partial charge on any atom is 0.106 e. The molecule has 0 fully saturated rings. The molecule has 13 heavy (non-hydrogen) atoms. The molecule has 2 heterocycles. The van der Waals surface area contributed by atoms with Crippen LogP contribution in [-0.4, -0.2) is 4.98 Å². The lowest BCUT2D eigenvalue weighted by atomic mass is 10.4. The number of rotatable bonds is 1. The van der Waals surface area contributed by atoms with E-state index >= 15 is 0 Å². The van der Waals surface area contributed by atoms with Crippen LogP contribution in [0.4, 0.5) is 5.69 Å². The van der Waals surface area contributed by atoms with Crippen LogP contribution in [0, 0.1) is 0 Å². The average molecular weight is 238 g/mol. The Morgan fingerprint density at radius 1 is 1.31 bits per heavy atom. The van der Waals surface area contributed by atoms with Crippen LogP contribution < -0.4 is 10.4 Å². The molecule has 4 heteroatoms. The summed E-state index contributed by atoms with van der Waals surface area (Å²) >= 11 is 3.29. The van der Waals surface area contributed by atoms with Crippen molar-refractivity contribution in [3.8, 4) is 0 Å². The van der Waals surface area contributed by atoms with Crippen LogP contribution in [-0.2, 0) is 0 Å². The van der Waals surface area contributed by atoms with Gasteiger partial charge < -0.3 is 5.43 Å². The minimum absolute atomic E-state index is 0.841. The molecule has 1 aromatic rings. The van der Waals surface area contributed by atoms with Crippen LogP contribution >= 0.6 is 15.9 Å². The summed E-state index contributed by atoms with van der Waals surface area (Å²) < 4.78 is 0.841. The summed E-state index contributed by atoms with van der Waals surface area (Å²) in [6, 6.07) is 3.89. The number of pyridine rings is 1. The normalized spacial score (nSPS) is 14.4. The summed E-state index contributed by atoms with van der Waals surface area (Å²) in [4.78, 5) is 4.13. The van der Waals surface area contributed by atoms with E-state index in [-0.39, 0.29) is 0 Å². The minimum atomic E-state index is 0.841. The number of nitrogens with zero attached hydrogens (tertiary/aromatic N) is 2. The fourth-order valence-corrected chi connectivity index (χ4v) is 1.26. The first-order chi connectivity index (χ1) is 6.36. The van der Waals surface area contributed by atoms with Gasteiger partial charge in [0.05, 0.1) is 11.9 Å². The highest BCUT2D eigenvalue weighted by Crippen LogP contribution is 2.15. The Bertz CT molecular complexity index is 342. The van der Waals surface area contributed by atoms with Gasteiger partial charge in [-0.2, -0.15) is 0 Å². The van der Waals surface area contributed by atoms with E-state index < -0.39 is 0 Å². The topological polar surface area (TPSA) is 28.2 Å². The molecule has 0 unspecified atom stereocenters. The third-order valence-electron chi connectivity index (χ3n) is 1.65. The monoisotopic (exact) mass is 237 g/mol. The second-order valence-electron chi connectivity index (χ2n) is 2.54. The van der Waals surface area contributed by atoms with Gasteiger partial charge >= 0.3 is 0 Å². The van der Waals surface area contributed by atoms with Gasteiger partial charge in [-0.15, -0.1) is 0 Å². The molecule has 0 radical (unpaired) electrons. The molecule has 1 N–H and O–H groups in total. The van der Waals surface area contributed by atoms with E-state index in [1.54, 1.807) is 6.20 Å². The zero-order chi connectivity index (χ0) is 9.10. The van der Waals surface area contributed by atoms with Crippen molar-refractivity contribution in [2.45, 2.75) is 0 Å². The van der Waals surface area contributed by atoms with E-state index in [4.69, 9.17) is 0 Å². The lowest BCUT2D eigenvalue weighted by molar-refractivity contribution is 0.863. The molecule has 0 aromatic carbocycles. The summed E-state index contributed by atoms with van der Waals surface area (Å²) in [7, 11) is 0. The summed E-state index contributed by atoms with van der Waals surface area (Å²) in [6.07, 6.45) is 9.48. The van der Waals surface area contributed by atoms with Crippen molar-refractivity contribution in [2.24, 2.45) is 0 Å². The molecule has 3 nitrogen and oxygen atoms in total. The first kappa shape index (κ1) is 8.31. The van der Waals surface area contributed by atoms with Gasteiger partial charge in [0.2, 0.25) is 0 Å². The van der Waals surface area contributed by atoms with Crippen LogP contribution in [0.3, 0.4) is 0 Å². The fraction of sp³-hybridized carbons (Fsp3) is 0. The minimum Gasteiger partial charge on any atom is -0.302 e.